The fourth-order valence-corrected chi connectivity index (χ4v) is 4.31. The fraction of sp³-hybridized carbons (Fsp3) is 0.500. The van der Waals surface area contributed by atoms with Gasteiger partial charge >= 0.3 is 0 Å². The lowest BCUT2D eigenvalue weighted by molar-refractivity contribution is 0.639. The van der Waals surface area contributed by atoms with E-state index in [0.29, 0.717) is 0 Å². The van der Waals surface area contributed by atoms with Gasteiger partial charge in [0.05, 0.1) is 0 Å². The van der Waals surface area contributed by atoms with E-state index < -0.39 is 0 Å². The number of rotatable bonds is 7. The first-order valence-electron chi connectivity index (χ1n) is 8.39. The molecule has 0 amide bonds. The zero-order valence-electron chi connectivity index (χ0n) is 13.4. The van der Waals surface area contributed by atoms with Gasteiger partial charge in [0.1, 0.15) is 0 Å². The van der Waals surface area contributed by atoms with Crippen molar-refractivity contribution < 1.29 is 0 Å². The Balaban J connectivity index is 1.33. The molecule has 0 unspecified atom stereocenters. The molecule has 1 aliphatic carbocycles. The Morgan fingerprint density at radius 2 is 1.62 bits per heavy atom. The van der Waals surface area contributed by atoms with Crippen molar-refractivity contribution in [3.8, 4) is 0 Å². The van der Waals surface area contributed by atoms with Crippen LogP contribution in [0, 0.1) is 13.8 Å². The van der Waals surface area contributed by atoms with Gasteiger partial charge in [-0.2, -0.15) is 0 Å². The normalized spacial score (nSPS) is 13.0. The predicted molar refractivity (Wildman–Crippen MR) is 93.5 cm³/mol. The molecule has 1 heteroatoms. The molecule has 0 bridgehead atoms. The van der Waals surface area contributed by atoms with Gasteiger partial charge in [-0.05, 0) is 80.7 Å². The highest BCUT2D eigenvalue weighted by Crippen LogP contribution is 2.25. The molecular formula is C20H26S. The summed E-state index contributed by atoms with van der Waals surface area (Å²) in [5.74, 6) is 0. The van der Waals surface area contributed by atoms with Crippen LogP contribution in [0.5, 0.6) is 0 Å². The Morgan fingerprint density at radius 1 is 0.857 bits per heavy atom. The third-order valence-electron chi connectivity index (χ3n) is 4.74. The molecule has 0 spiro atoms. The minimum atomic E-state index is 1.27. The van der Waals surface area contributed by atoms with Gasteiger partial charge in [-0.25, -0.2) is 0 Å². The van der Waals surface area contributed by atoms with Crippen LogP contribution in [-0.2, 0) is 25.7 Å². The van der Waals surface area contributed by atoms with Crippen molar-refractivity contribution in [1.29, 1.82) is 0 Å². The molecule has 0 saturated carbocycles. The fourth-order valence-electron chi connectivity index (χ4n) is 3.33. The zero-order chi connectivity index (χ0) is 14.7. The summed E-state index contributed by atoms with van der Waals surface area (Å²) in [4.78, 5) is 2.98. The SMILES string of the molecule is Cc1cc(CCCCCCc2ccc3c(c2)CC3)c(C)s1. The van der Waals surface area contributed by atoms with Gasteiger partial charge in [0.2, 0.25) is 0 Å². The van der Waals surface area contributed by atoms with Gasteiger partial charge in [0, 0.05) is 9.75 Å². The van der Waals surface area contributed by atoms with Gasteiger partial charge in [-0.1, -0.05) is 31.0 Å². The van der Waals surface area contributed by atoms with Crippen LogP contribution >= 0.6 is 11.3 Å². The molecule has 21 heavy (non-hydrogen) atoms. The van der Waals surface area contributed by atoms with Crippen molar-refractivity contribution in [2.75, 3.05) is 0 Å². The first kappa shape index (κ1) is 14.8. The number of benzene rings is 1. The van der Waals surface area contributed by atoms with Crippen molar-refractivity contribution in [3.05, 3.63) is 56.3 Å². The second kappa shape index (κ2) is 6.79. The maximum absolute atomic E-state index is 2.44. The maximum Gasteiger partial charge on any atom is 0.00490 e. The topological polar surface area (TPSA) is 0 Å². The molecule has 2 aromatic rings. The van der Waals surface area contributed by atoms with Crippen LogP contribution in [0.1, 0.15) is 57.7 Å². The van der Waals surface area contributed by atoms with E-state index in [1.54, 1.807) is 22.3 Å². The van der Waals surface area contributed by atoms with Crippen LogP contribution in [0.4, 0.5) is 0 Å². The molecule has 0 radical (unpaired) electrons. The van der Waals surface area contributed by atoms with E-state index in [2.05, 4.69) is 38.1 Å². The van der Waals surface area contributed by atoms with Crippen LogP contribution < -0.4 is 0 Å². The van der Waals surface area contributed by atoms with Crippen molar-refractivity contribution in [3.63, 3.8) is 0 Å². The van der Waals surface area contributed by atoms with E-state index in [0.717, 1.165) is 0 Å². The Bertz CT molecular complexity index is 606. The third kappa shape index (κ3) is 3.77. The molecule has 1 heterocycles. The summed E-state index contributed by atoms with van der Waals surface area (Å²) in [5.41, 5.74) is 6.33. The number of hydrogen-bond donors (Lipinski definition) is 0. The van der Waals surface area contributed by atoms with Gasteiger partial charge < -0.3 is 0 Å². The summed E-state index contributed by atoms with van der Waals surface area (Å²) < 4.78 is 0. The van der Waals surface area contributed by atoms with E-state index in [1.807, 2.05) is 11.3 Å². The molecular weight excluding hydrogens is 272 g/mol. The Labute approximate surface area is 133 Å². The largest absolute Gasteiger partial charge is 0.146 e. The minimum absolute atomic E-state index is 1.27. The smallest absolute Gasteiger partial charge is 0.00490 e. The second-order valence-electron chi connectivity index (χ2n) is 6.46. The zero-order valence-corrected chi connectivity index (χ0v) is 14.2. The summed E-state index contributed by atoms with van der Waals surface area (Å²) in [5, 5.41) is 0. The summed E-state index contributed by atoms with van der Waals surface area (Å²) in [6.45, 7) is 4.48. The van der Waals surface area contributed by atoms with Crippen LogP contribution in [0.15, 0.2) is 24.3 Å². The monoisotopic (exact) mass is 298 g/mol. The van der Waals surface area contributed by atoms with E-state index in [4.69, 9.17) is 0 Å². The summed E-state index contributed by atoms with van der Waals surface area (Å²) in [7, 11) is 0. The first-order chi connectivity index (χ1) is 10.2. The quantitative estimate of drug-likeness (QED) is 0.566. The van der Waals surface area contributed by atoms with Gasteiger partial charge in [-0.15, -0.1) is 11.3 Å². The van der Waals surface area contributed by atoms with E-state index in [1.165, 1.54) is 61.1 Å². The van der Waals surface area contributed by atoms with E-state index in [9.17, 15) is 0 Å². The summed E-state index contributed by atoms with van der Waals surface area (Å²) in [6.07, 6.45) is 10.6. The number of unbranched alkanes of at least 4 members (excludes halogenated alkanes) is 3. The van der Waals surface area contributed by atoms with Crippen molar-refractivity contribution >= 4 is 11.3 Å². The standard InChI is InChI=1S/C20H26S/c1-15-13-19(16(2)21-15)8-6-4-3-5-7-17-9-10-18-11-12-20(18)14-17/h9-10,13-14H,3-8,11-12H2,1-2H3. The molecule has 112 valence electrons. The van der Waals surface area contributed by atoms with E-state index in [-0.39, 0.29) is 0 Å². The minimum Gasteiger partial charge on any atom is -0.146 e. The second-order valence-corrected chi connectivity index (χ2v) is 7.92. The Hall–Kier alpha value is -1.08. The lowest BCUT2D eigenvalue weighted by atomic mass is 9.86. The molecule has 1 aromatic carbocycles. The summed E-state index contributed by atoms with van der Waals surface area (Å²) in [6, 6.07) is 9.50. The molecule has 0 aliphatic heterocycles. The highest BCUT2D eigenvalue weighted by atomic mass is 32.1. The maximum atomic E-state index is 2.44. The van der Waals surface area contributed by atoms with Crippen LogP contribution in [0.2, 0.25) is 0 Å². The third-order valence-corrected chi connectivity index (χ3v) is 5.75. The Morgan fingerprint density at radius 3 is 2.24 bits per heavy atom. The molecule has 1 aromatic heterocycles. The van der Waals surface area contributed by atoms with E-state index >= 15 is 0 Å². The van der Waals surface area contributed by atoms with Crippen molar-refractivity contribution in [1.82, 2.24) is 0 Å². The number of thiophene rings is 1. The molecule has 0 saturated heterocycles. The van der Waals surface area contributed by atoms with Gasteiger partial charge in [0.25, 0.3) is 0 Å². The Kier molecular flexibility index (Phi) is 4.80. The van der Waals surface area contributed by atoms with Crippen molar-refractivity contribution in [2.45, 2.75) is 65.2 Å². The molecule has 0 nitrogen and oxygen atoms in total. The number of fused-ring (bicyclic) bond motifs is 1. The average Bonchev–Trinajstić information content (AvgIpc) is 2.75. The van der Waals surface area contributed by atoms with Gasteiger partial charge in [-0.3, -0.25) is 0 Å². The first-order valence-corrected chi connectivity index (χ1v) is 9.20. The lowest BCUT2D eigenvalue weighted by Crippen LogP contribution is -2.08. The highest BCUT2D eigenvalue weighted by molar-refractivity contribution is 7.12. The molecule has 3 rings (SSSR count). The number of aryl methyl sites for hydroxylation is 6. The predicted octanol–water partition coefficient (Wildman–Crippen LogP) is 5.81. The average molecular weight is 298 g/mol. The van der Waals surface area contributed by atoms with Crippen molar-refractivity contribution in [2.24, 2.45) is 0 Å². The lowest BCUT2D eigenvalue weighted by Gasteiger charge is -2.19. The molecule has 1 aliphatic rings. The number of hydrogen-bond acceptors (Lipinski definition) is 1. The molecule has 0 atom stereocenters. The van der Waals surface area contributed by atoms with Crippen LogP contribution in [0.25, 0.3) is 0 Å². The highest BCUT2D eigenvalue weighted by Gasteiger charge is 2.12. The van der Waals surface area contributed by atoms with Gasteiger partial charge in [0.15, 0.2) is 0 Å². The molecule has 0 N–H and O–H groups in total. The summed E-state index contributed by atoms with van der Waals surface area (Å²) >= 11 is 1.94. The van der Waals surface area contributed by atoms with Crippen LogP contribution in [-0.4, -0.2) is 0 Å². The molecule has 0 fully saturated rings. The van der Waals surface area contributed by atoms with Crippen LogP contribution in [0.3, 0.4) is 0 Å².